The van der Waals surface area contributed by atoms with Crippen molar-refractivity contribution in [3.05, 3.63) is 59.3 Å². The Labute approximate surface area is 195 Å². The third kappa shape index (κ3) is 3.88. The smallest absolute Gasteiger partial charge is 0.307 e. The predicted octanol–water partition coefficient (Wildman–Crippen LogP) is 7.76. The lowest BCUT2D eigenvalue weighted by molar-refractivity contribution is -0.136. The van der Waals surface area contributed by atoms with E-state index in [0.717, 1.165) is 11.5 Å². The van der Waals surface area contributed by atoms with E-state index in [0.29, 0.717) is 35.0 Å². The molecule has 0 heterocycles. The molecule has 0 aromatic rings. The van der Waals surface area contributed by atoms with Gasteiger partial charge in [-0.15, -0.1) is 0 Å². The molecule has 0 radical (unpaired) electrons. The maximum absolute atomic E-state index is 11.2. The minimum atomic E-state index is -0.756. The van der Waals surface area contributed by atoms with Crippen molar-refractivity contribution >= 4 is 5.97 Å². The molecule has 4 rings (SSSR count). The third-order valence-corrected chi connectivity index (χ3v) is 9.73. The molecule has 2 heteroatoms. The molecule has 7 atom stereocenters. The number of hydrogen-bond donors (Lipinski definition) is 1. The maximum Gasteiger partial charge on any atom is 0.307 e. The van der Waals surface area contributed by atoms with Crippen LogP contribution in [0.15, 0.2) is 59.3 Å². The first kappa shape index (κ1) is 23.3. The zero-order valence-corrected chi connectivity index (χ0v) is 20.9. The zero-order valence-electron chi connectivity index (χ0n) is 20.9. The first-order valence-electron chi connectivity index (χ1n) is 12.8. The molecule has 32 heavy (non-hydrogen) atoms. The number of hydrogen-bond acceptors (Lipinski definition) is 1. The molecule has 2 unspecified atom stereocenters. The summed E-state index contributed by atoms with van der Waals surface area (Å²) in [6.07, 6.45) is 21.5. The second-order valence-corrected chi connectivity index (χ2v) is 11.9. The van der Waals surface area contributed by atoms with Crippen molar-refractivity contribution in [3.8, 4) is 0 Å². The first-order valence-corrected chi connectivity index (χ1v) is 12.8. The van der Waals surface area contributed by atoms with Gasteiger partial charge in [0.1, 0.15) is 0 Å². The van der Waals surface area contributed by atoms with Crippen LogP contribution >= 0.6 is 0 Å². The van der Waals surface area contributed by atoms with Crippen molar-refractivity contribution in [2.24, 2.45) is 46.3 Å². The number of fused-ring (bicyclic) bond motifs is 5. The second kappa shape index (κ2) is 8.50. The molecule has 4 aliphatic rings. The SMILES string of the molecule is CC(C)[C@@H](C)C=C[C@@H](C)[C@H]1CCC2C3=CC=C4C=C(CC(=O)O)C=C[C@]4(C)C3CC[C@@]21C. The van der Waals surface area contributed by atoms with Gasteiger partial charge in [-0.05, 0) is 77.8 Å². The summed E-state index contributed by atoms with van der Waals surface area (Å²) in [5.41, 5.74) is 4.26. The Hall–Kier alpha value is -1.83. The Bertz CT molecular complexity index is 913. The van der Waals surface area contributed by atoms with Gasteiger partial charge in [-0.1, -0.05) is 89.6 Å². The Kier molecular flexibility index (Phi) is 6.20. The summed E-state index contributed by atoms with van der Waals surface area (Å²) in [5.74, 6) is 3.19. The predicted molar refractivity (Wildman–Crippen MR) is 133 cm³/mol. The molecule has 174 valence electrons. The van der Waals surface area contributed by atoms with E-state index in [1.807, 2.05) is 0 Å². The molecule has 0 saturated heterocycles. The molecule has 0 spiro atoms. The van der Waals surface area contributed by atoms with Gasteiger partial charge in [0.25, 0.3) is 0 Å². The van der Waals surface area contributed by atoms with Gasteiger partial charge in [0.15, 0.2) is 0 Å². The normalized spacial score (nSPS) is 37.8. The number of rotatable bonds is 6. The Morgan fingerprint density at radius 2 is 1.84 bits per heavy atom. The van der Waals surface area contributed by atoms with Crippen molar-refractivity contribution < 1.29 is 9.90 Å². The average Bonchev–Trinajstić information content (AvgIpc) is 3.08. The van der Waals surface area contributed by atoms with Crippen LogP contribution < -0.4 is 0 Å². The van der Waals surface area contributed by atoms with E-state index >= 15 is 0 Å². The van der Waals surface area contributed by atoms with Gasteiger partial charge in [-0.25, -0.2) is 0 Å². The Morgan fingerprint density at radius 3 is 2.53 bits per heavy atom. The molecule has 0 aliphatic heterocycles. The molecule has 0 aromatic carbocycles. The highest BCUT2D eigenvalue weighted by Gasteiger charge is 2.56. The Balaban J connectivity index is 1.58. The van der Waals surface area contributed by atoms with E-state index in [1.165, 1.54) is 31.3 Å². The summed E-state index contributed by atoms with van der Waals surface area (Å²) in [6.45, 7) is 14.3. The van der Waals surface area contributed by atoms with Gasteiger partial charge >= 0.3 is 5.97 Å². The number of aliphatic carboxylic acids is 1. The van der Waals surface area contributed by atoms with Gasteiger partial charge in [0.2, 0.25) is 0 Å². The second-order valence-electron chi connectivity index (χ2n) is 11.9. The van der Waals surface area contributed by atoms with Gasteiger partial charge in [-0.2, -0.15) is 0 Å². The largest absolute Gasteiger partial charge is 0.481 e. The highest BCUT2D eigenvalue weighted by Crippen LogP contribution is 2.65. The summed E-state index contributed by atoms with van der Waals surface area (Å²) >= 11 is 0. The summed E-state index contributed by atoms with van der Waals surface area (Å²) < 4.78 is 0. The van der Waals surface area contributed by atoms with Crippen LogP contribution in [-0.2, 0) is 4.79 Å². The van der Waals surface area contributed by atoms with Crippen LogP contribution in [0, 0.1) is 46.3 Å². The van der Waals surface area contributed by atoms with E-state index in [-0.39, 0.29) is 11.8 Å². The van der Waals surface area contributed by atoms with Crippen LogP contribution in [0.25, 0.3) is 0 Å². The van der Waals surface area contributed by atoms with Crippen LogP contribution in [0.1, 0.15) is 73.6 Å². The summed E-state index contributed by atoms with van der Waals surface area (Å²) in [5, 5.41) is 9.20. The minimum Gasteiger partial charge on any atom is -0.481 e. The Morgan fingerprint density at radius 1 is 1.09 bits per heavy atom. The fraction of sp³-hybridized carbons (Fsp3) is 0.633. The fourth-order valence-corrected chi connectivity index (χ4v) is 7.28. The van der Waals surface area contributed by atoms with Gasteiger partial charge in [0, 0.05) is 5.41 Å². The highest BCUT2D eigenvalue weighted by molar-refractivity contribution is 5.72. The average molecular weight is 435 g/mol. The van der Waals surface area contributed by atoms with Crippen molar-refractivity contribution in [2.75, 3.05) is 0 Å². The number of allylic oxidation sites excluding steroid dienone is 9. The lowest BCUT2D eigenvalue weighted by Gasteiger charge is -2.53. The van der Waals surface area contributed by atoms with E-state index in [4.69, 9.17) is 0 Å². The van der Waals surface area contributed by atoms with E-state index in [9.17, 15) is 9.90 Å². The highest BCUT2D eigenvalue weighted by atomic mass is 16.4. The van der Waals surface area contributed by atoms with Crippen molar-refractivity contribution in [1.29, 1.82) is 0 Å². The lowest BCUT2D eigenvalue weighted by atomic mass is 9.51. The minimum absolute atomic E-state index is 0.00369. The van der Waals surface area contributed by atoms with Crippen molar-refractivity contribution in [2.45, 2.75) is 73.6 Å². The maximum atomic E-state index is 11.2. The van der Waals surface area contributed by atoms with Crippen molar-refractivity contribution in [1.82, 2.24) is 0 Å². The molecular weight excluding hydrogens is 392 g/mol. The van der Waals surface area contributed by atoms with Gasteiger partial charge in [0.05, 0.1) is 6.42 Å². The fourth-order valence-electron chi connectivity index (χ4n) is 7.28. The van der Waals surface area contributed by atoms with Crippen LogP contribution in [-0.4, -0.2) is 11.1 Å². The van der Waals surface area contributed by atoms with Crippen LogP contribution in [0.2, 0.25) is 0 Å². The number of carbonyl (C=O) groups is 1. The number of carboxylic acid groups (broad SMARTS) is 1. The van der Waals surface area contributed by atoms with E-state index < -0.39 is 5.97 Å². The summed E-state index contributed by atoms with van der Waals surface area (Å²) in [7, 11) is 0. The first-order chi connectivity index (χ1) is 15.1. The van der Waals surface area contributed by atoms with Crippen LogP contribution in [0.3, 0.4) is 0 Å². The zero-order chi connectivity index (χ0) is 23.3. The van der Waals surface area contributed by atoms with Crippen LogP contribution in [0.4, 0.5) is 0 Å². The molecule has 0 bridgehead atoms. The standard InChI is InChI=1S/C30H42O2/c1-19(2)20(3)7-8-21(4)25-11-12-26-24-10-9-23-17-22(18-28(31)32)13-15-29(23,5)27(24)14-16-30(25,26)6/h7-10,13,15,17,19-21,25-27H,11-12,14,16,18H2,1-6H3,(H,31,32)/t20-,21+,25+,26?,27?,29-,30+/m0/s1. The van der Waals surface area contributed by atoms with E-state index in [2.05, 4.69) is 84.1 Å². The molecule has 0 amide bonds. The molecule has 0 aromatic heterocycles. The monoisotopic (exact) mass is 434 g/mol. The molecule has 1 N–H and O–H groups in total. The van der Waals surface area contributed by atoms with E-state index in [1.54, 1.807) is 5.57 Å². The number of carboxylic acids is 1. The summed E-state index contributed by atoms with van der Waals surface area (Å²) in [6, 6.07) is 0. The van der Waals surface area contributed by atoms with Gasteiger partial charge in [-0.3, -0.25) is 4.79 Å². The quantitative estimate of drug-likeness (QED) is 0.434. The summed E-state index contributed by atoms with van der Waals surface area (Å²) in [4.78, 5) is 11.2. The third-order valence-electron chi connectivity index (χ3n) is 9.73. The van der Waals surface area contributed by atoms with Crippen molar-refractivity contribution in [3.63, 3.8) is 0 Å². The molecule has 4 aliphatic carbocycles. The molecular formula is C30H42O2. The molecule has 2 saturated carbocycles. The van der Waals surface area contributed by atoms with Gasteiger partial charge < -0.3 is 5.11 Å². The van der Waals surface area contributed by atoms with Crippen LogP contribution in [0.5, 0.6) is 0 Å². The molecule has 2 fully saturated rings. The topological polar surface area (TPSA) is 37.3 Å². The lowest BCUT2D eigenvalue weighted by Crippen LogP contribution is -2.44. The molecule has 2 nitrogen and oxygen atoms in total.